The van der Waals surface area contributed by atoms with Crippen molar-refractivity contribution >= 4 is 11.9 Å². The summed E-state index contributed by atoms with van der Waals surface area (Å²) in [5, 5.41) is 12.0. The summed E-state index contributed by atoms with van der Waals surface area (Å²) < 4.78 is 0. The van der Waals surface area contributed by atoms with Crippen LogP contribution in [-0.2, 0) is 11.3 Å². The molecule has 1 heterocycles. The second kappa shape index (κ2) is 7.05. The van der Waals surface area contributed by atoms with Crippen LogP contribution in [0, 0.1) is 0 Å². The number of likely N-dealkylation sites (tertiary alicyclic amines) is 1. The zero-order valence-electron chi connectivity index (χ0n) is 11.5. The molecular formula is C15H20N2O3. The number of hydrogen-bond acceptors (Lipinski definition) is 3. The van der Waals surface area contributed by atoms with E-state index < -0.39 is 5.97 Å². The van der Waals surface area contributed by atoms with Gasteiger partial charge in [-0.2, -0.15) is 0 Å². The minimum atomic E-state index is -0.934. The third-order valence-electron chi connectivity index (χ3n) is 3.49. The summed E-state index contributed by atoms with van der Waals surface area (Å²) in [6.07, 6.45) is 3.39. The lowest BCUT2D eigenvalue weighted by Crippen LogP contribution is -2.40. The molecule has 0 atom stereocenters. The Hall–Kier alpha value is -1.88. The quantitative estimate of drug-likeness (QED) is 0.855. The third-order valence-corrected chi connectivity index (χ3v) is 3.49. The van der Waals surface area contributed by atoms with Gasteiger partial charge < -0.3 is 15.3 Å². The zero-order chi connectivity index (χ0) is 14.4. The van der Waals surface area contributed by atoms with Crippen LogP contribution in [0.25, 0.3) is 0 Å². The van der Waals surface area contributed by atoms with E-state index in [1.54, 1.807) is 18.2 Å². The molecule has 0 spiro atoms. The third kappa shape index (κ3) is 4.06. The van der Waals surface area contributed by atoms with Crippen molar-refractivity contribution in [1.29, 1.82) is 0 Å². The molecule has 0 bridgehead atoms. The predicted molar refractivity (Wildman–Crippen MR) is 75.5 cm³/mol. The summed E-state index contributed by atoms with van der Waals surface area (Å²) in [6.45, 7) is 2.52. The lowest BCUT2D eigenvalue weighted by Gasteiger charge is -2.26. The zero-order valence-corrected chi connectivity index (χ0v) is 11.5. The van der Waals surface area contributed by atoms with Crippen molar-refractivity contribution in [3.63, 3.8) is 0 Å². The summed E-state index contributed by atoms with van der Waals surface area (Å²) in [4.78, 5) is 24.7. The molecule has 0 saturated carbocycles. The van der Waals surface area contributed by atoms with Gasteiger partial charge in [-0.15, -0.1) is 0 Å². The lowest BCUT2D eigenvalue weighted by molar-refractivity contribution is -0.131. The normalized spacial score (nSPS) is 15.1. The molecule has 0 aliphatic carbocycles. The first-order valence-electron chi connectivity index (χ1n) is 6.97. The Labute approximate surface area is 118 Å². The number of amides is 1. The fourth-order valence-electron chi connectivity index (χ4n) is 2.38. The van der Waals surface area contributed by atoms with E-state index in [1.165, 1.54) is 6.42 Å². The van der Waals surface area contributed by atoms with E-state index in [2.05, 4.69) is 5.32 Å². The Balaban J connectivity index is 1.79. The maximum Gasteiger partial charge on any atom is 0.335 e. The molecule has 1 amide bonds. The van der Waals surface area contributed by atoms with Crippen LogP contribution in [-0.4, -0.2) is 41.5 Å². The van der Waals surface area contributed by atoms with E-state index in [0.29, 0.717) is 13.1 Å². The number of benzene rings is 1. The maximum absolute atomic E-state index is 11.9. The molecule has 1 aromatic rings. The van der Waals surface area contributed by atoms with Gasteiger partial charge in [-0.05, 0) is 37.0 Å². The Morgan fingerprint density at radius 3 is 2.65 bits per heavy atom. The number of carbonyl (C=O) groups is 2. The molecule has 5 heteroatoms. The molecule has 0 aromatic heterocycles. The van der Waals surface area contributed by atoms with E-state index in [9.17, 15) is 9.59 Å². The van der Waals surface area contributed by atoms with E-state index in [1.807, 2.05) is 11.0 Å². The number of rotatable bonds is 5. The minimum absolute atomic E-state index is 0.124. The molecule has 1 fully saturated rings. The molecule has 1 aliphatic rings. The SMILES string of the molecule is O=C(O)c1cccc(CNCC(=O)N2CCCCC2)c1. The van der Waals surface area contributed by atoms with Crippen molar-refractivity contribution in [2.24, 2.45) is 0 Å². The smallest absolute Gasteiger partial charge is 0.335 e. The van der Waals surface area contributed by atoms with Crippen LogP contribution in [0.1, 0.15) is 35.2 Å². The van der Waals surface area contributed by atoms with Gasteiger partial charge >= 0.3 is 5.97 Å². The van der Waals surface area contributed by atoms with E-state index >= 15 is 0 Å². The second-order valence-corrected chi connectivity index (χ2v) is 5.05. The minimum Gasteiger partial charge on any atom is -0.478 e. The van der Waals surface area contributed by atoms with Gasteiger partial charge in [0, 0.05) is 19.6 Å². The second-order valence-electron chi connectivity index (χ2n) is 5.05. The molecular weight excluding hydrogens is 256 g/mol. The summed E-state index contributed by atoms with van der Waals surface area (Å²) in [5.74, 6) is -0.810. The Bertz CT molecular complexity index is 482. The number of carboxylic acids is 1. The van der Waals surface area contributed by atoms with Crippen molar-refractivity contribution < 1.29 is 14.7 Å². The molecule has 2 N–H and O–H groups in total. The van der Waals surface area contributed by atoms with Crippen LogP contribution < -0.4 is 5.32 Å². The molecule has 1 aliphatic heterocycles. The van der Waals surface area contributed by atoms with Gasteiger partial charge in [0.1, 0.15) is 0 Å². The highest BCUT2D eigenvalue weighted by Gasteiger charge is 2.15. The van der Waals surface area contributed by atoms with Gasteiger partial charge in [0.25, 0.3) is 0 Å². The van der Waals surface area contributed by atoms with Gasteiger partial charge in [-0.3, -0.25) is 4.79 Å². The van der Waals surface area contributed by atoms with Gasteiger partial charge in [0.2, 0.25) is 5.91 Å². The topological polar surface area (TPSA) is 69.6 Å². The van der Waals surface area contributed by atoms with Gasteiger partial charge in [0.05, 0.1) is 12.1 Å². The number of carbonyl (C=O) groups excluding carboxylic acids is 1. The summed E-state index contributed by atoms with van der Waals surface area (Å²) in [5.41, 5.74) is 1.14. The number of hydrogen-bond donors (Lipinski definition) is 2. The summed E-state index contributed by atoms with van der Waals surface area (Å²) in [6, 6.07) is 6.75. The highest BCUT2D eigenvalue weighted by atomic mass is 16.4. The van der Waals surface area contributed by atoms with Gasteiger partial charge in [-0.1, -0.05) is 12.1 Å². The highest BCUT2D eigenvalue weighted by Crippen LogP contribution is 2.08. The fourth-order valence-corrected chi connectivity index (χ4v) is 2.38. The lowest BCUT2D eigenvalue weighted by atomic mass is 10.1. The number of nitrogens with one attached hydrogen (secondary N) is 1. The van der Waals surface area contributed by atoms with Crippen molar-refractivity contribution in [2.45, 2.75) is 25.8 Å². The van der Waals surface area contributed by atoms with Crippen LogP contribution in [0.3, 0.4) is 0 Å². The molecule has 5 nitrogen and oxygen atoms in total. The molecule has 2 rings (SSSR count). The molecule has 1 saturated heterocycles. The average Bonchev–Trinajstić information content (AvgIpc) is 2.48. The fraction of sp³-hybridized carbons (Fsp3) is 0.467. The van der Waals surface area contributed by atoms with Crippen molar-refractivity contribution in [3.8, 4) is 0 Å². The van der Waals surface area contributed by atoms with Crippen LogP contribution >= 0.6 is 0 Å². The van der Waals surface area contributed by atoms with Gasteiger partial charge in [-0.25, -0.2) is 4.79 Å². The summed E-state index contributed by atoms with van der Waals surface area (Å²) >= 11 is 0. The monoisotopic (exact) mass is 276 g/mol. The molecule has 0 unspecified atom stereocenters. The summed E-state index contributed by atoms with van der Waals surface area (Å²) in [7, 11) is 0. The predicted octanol–water partition coefficient (Wildman–Crippen LogP) is 1.49. The van der Waals surface area contributed by atoms with E-state index in [0.717, 1.165) is 31.5 Å². The Morgan fingerprint density at radius 2 is 1.95 bits per heavy atom. The van der Waals surface area contributed by atoms with Crippen molar-refractivity contribution in [3.05, 3.63) is 35.4 Å². The number of aromatic carboxylic acids is 1. The molecule has 108 valence electrons. The first-order valence-corrected chi connectivity index (χ1v) is 6.97. The van der Waals surface area contributed by atoms with Crippen molar-refractivity contribution in [2.75, 3.05) is 19.6 Å². The maximum atomic E-state index is 11.9. The largest absolute Gasteiger partial charge is 0.478 e. The van der Waals surface area contributed by atoms with Crippen molar-refractivity contribution in [1.82, 2.24) is 10.2 Å². The standard InChI is InChI=1S/C15H20N2O3/c18-14(17-7-2-1-3-8-17)11-16-10-12-5-4-6-13(9-12)15(19)20/h4-6,9,16H,1-3,7-8,10-11H2,(H,19,20). The Morgan fingerprint density at radius 1 is 1.20 bits per heavy atom. The molecule has 1 aromatic carbocycles. The first kappa shape index (κ1) is 14.5. The van der Waals surface area contributed by atoms with Crippen LogP contribution in [0.4, 0.5) is 0 Å². The highest BCUT2D eigenvalue weighted by molar-refractivity contribution is 5.87. The van der Waals surface area contributed by atoms with Gasteiger partial charge in [0.15, 0.2) is 0 Å². The Kier molecular flexibility index (Phi) is 5.12. The van der Waals surface area contributed by atoms with Crippen LogP contribution in [0.15, 0.2) is 24.3 Å². The molecule has 0 radical (unpaired) electrons. The number of carboxylic acid groups (broad SMARTS) is 1. The van der Waals surface area contributed by atoms with E-state index in [4.69, 9.17) is 5.11 Å². The average molecular weight is 276 g/mol. The number of piperidine rings is 1. The first-order chi connectivity index (χ1) is 9.66. The molecule has 20 heavy (non-hydrogen) atoms. The van der Waals surface area contributed by atoms with E-state index in [-0.39, 0.29) is 11.5 Å². The van der Waals surface area contributed by atoms with Crippen LogP contribution in [0.2, 0.25) is 0 Å². The van der Waals surface area contributed by atoms with Crippen LogP contribution in [0.5, 0.6) is 0 Å². The number of nitrogens with zero attached hydrogens (tertiary/aromatic N) is 1.